The zero-order chi connectivity index (χ0) is 15.9. The molecule has 0 atom stereocenters. The molecule has 1 saturated carbocycles. The van der Waals surface area contributed by atoms with Crippen LogP contribution in [0.1, 0.15) is 37.7 Å². The zero-order valence-corrected chi connectivity index (χ0v) is 13.5. The second-order valence-electron chi connectivity index (χ2n) is 6.52. The number of nitriles is 1. The van der Waals surface area contributed by atoms with E-state index in [2.05, 4.69) is 59.9 Å². The number of rotatable bonds is 5. The molecule has 2 heteroatoms. The summed E-state index contributed by atoms with van der Waals surface area (Å²) in [6, 6.07) is 22.3. The van der Waals surface area contributed by atoms with E-state index in [0.717, 1.165) is 13.0 Å². The lowest BCUT2D eigenvalue weighted by molar-refractivity contribution is 0.294. The van der Waals surface area contributed by atoms with E-state index in [1.165, 1.54) is 42.4 Å². The van der Waals surface area contributed by atoms with E-state index >= 15 is 0 Å². The van der Waals surface area contributed by atoms with Crippen molar-refractivity contribution in [2.24, 2.45) is 5.92 Å². The van der Waals surface area contributed by atoms with Crippen molar-refractivity contribution in [3.8, 4) is 17.2 Å². The summed E-state index contributed by atoms with van der Waals surface area (Å²) in [6.45, 7) is 0.933. The Morgan fingerprint density at radius 3 is 2.17 bits per heavy atom. The maximum atomic E-state index is 8.78. The molecule has 0 bridgehead atoms. The van der Waals surface area contributed by atoms with Crippen LogP contribution in [0.2, 0.25) is 0 Å². The lowest BCUT2D eigenvalue weighted by Gasteiger charge is -2.28. The average molecular weight is 304 g/mol. The summed E-state index contributed by atoms with van der Waals surface area (Å²) >= 11 is 0. The monoisotopic (exact) mass is 304 g/mol. The van der Waals surface area contributed by atoms with Crippen LogP contribution in [0.5, 0.6) is 0 Å². The Morgan fingerprint density at radius 1 is 0.870 bits per heavy atom. The fourth-order valence-electron chi connectivity index (χ4n) is 3.41. The second-order valence-corrected chi connectivity index (χ2v) is 6.52. The van der Waals surface area contributed by atoms with Gasteiger partial charge >= 0.3 is 0 Å². The van der Waals surface area contributed by atoms with Crippen LogP contribution in [0.3, 0.4) is 0 Å². The first kappa shape index (κ1) is 15.8. The van der Waals surface area contributed by atoms with Crippen molar-refractivity contribution >= 4 is 0 Å². The molecule has 0 spiro atoms. The van der Waals surface area contributed by atoms with Crippen LogP contribution in [0.4, 0.5) is 0 Å². The summed E-state index contributed by atoms with van der Waals surface area (Å²) in [6.07, 6.45) is 5.52. The number of benzene rings is 2. The highest BCUT2D eigenvalue weighted by molar-refractivity contribution is 5.63. The van der Waals surface area contributed by atoms with Crippen molar-refractivity contribution in [1.29, 1.82) is 5.26 Å². The maximum Gasteiger partial charge on any atom is 0.0624 e. The van der Waals surface area contributed by atoms with Gasteiger partial charge in [-0.1, -0.05) is 54.6 Å². The van der Waals surface area contributed by atoms with E-state index in [-0.39, 0.29) is 0 Å². The first-order valence-corrected chi connectivity index (χ1v) is 8.60. The smallest absolute Gasteiger partial charge is 0.0624 e. The molecule has 2 aromatic carbocycles. The van der Waals surface area contributed by atoms with E-state index < -0.39 is 0 Å². The van der Waals surface area contributed by atoms with Gasteiger partial charge in [-0.25, -0.2) is 0 Å². The number of nitrogens with one attached hydrogen (secondary N) is 1. The van der Waals surface area contributed by atoms with Crippen molar-refractivity contribution in [3.63, 3.8) is 0 Å². The minimum Gasteiger partial charge on any atom is -0.310 e. The SMILES string of the molecule is N#CCC1CCC(NCc2ccc(-c3ccccc3)cc2)CC1. The summed E-state index contributed by atoms with van der Waals surface area (Å²) < 4.78 is 0. The lowest BCUT2D eigenvalue weighted by Crippen LogP contribution is -2.32. The van der Waals surface area contributed by atoms with Gasteiger partial charge in [0.1, 0.15) is 0 Å². The number of nitrogens with zero attached hydrogens (tertiary/aromatic N) is 1. The molecule has 1 N–H and O–H groups in total. The summed E-state index contributed by atoms with van der Waals surface area (Å²) in [7, 11) is 0. The minimum absolute atomic E-state index is 0.610. The van der Waals surface area contributed by atoms with Crippen LogP contribution in [0.25, 0.3) is 11.1 Å². The van der Waals surface area contributed by atoms with Crippen LogP contribution in [-0.4, -0.2) is 6.04 Å². The molecule has 23 heavy (non-hydrogen) atoms. The average Bonchev–Trinajstić information content (AvgIpc) is 2.63. The molecular weight excluding hydrogens is 280 g/mol. The van der Waals surface area contributed by atoms with E-state index in [0.29, 0.717) is 12.0 Å². The molecule has 2 aromatic rings. The van der Waals surface area contributed by atoms with Crippen molar-refractivity contribution in [2.45, 2.75) is 44.7 Å². The van der Waals surface area contributed by atoms with Gasteiger partial charge in [-0.05, 0) is 48.3 Å². The number of hydrogen-bond donors (Lipinski definition) is 1. The Labute approximate surface area is 139 Å². The van der Waals surface area contributed by atoms with Crippen LogP contribution in [0.15, 0.2) is 54.6 Å². The molecule has 1 aliphatic carbocycles. The van der Waals surface area contributed by atoms with Crippen molar-refractivity contribution in [3.05, 3.63) is 60.2 Å². The first-order valence-electron chi connectivity index (χ1n) is 8.60. The summed E-state index contributed by atoms with van der Waals surface area (Å²) in [4.78, 5) is 0. The van der Waals surface area contributed by atoms with Crippen molar-refractivity contribution in [1.82, 2.24) is 5.32 Å². The molecule has 2 nitrogen and oxygen atoms in total. The van der Waals surface area contributed by atoms with Crippen molar-refractivity contribution < 1.29 is 0 Å². The van der Waals surface area contributed by atoms with E-state index in [9.17, 15) is 0 Å². The lowest BCUT2D eigenvalue weighted by atomic mass is 9.84. The third kappa shape index (κ3) is 4.43. The molecule has 0 saturated heterocycles. The molecule has 118 valence electrons. The molecule has 1 fully saturated rings. The van der Waals surface area contributed by atoms with Gasteiger partial charge in [0.15, 0.2) is 0 Å². The van der Waals surface area contributed by atoms with E-state index in [4.69, 9.17) is 5.26 Å². The highest BCUT2D eigenvalue weighted by Crippen LogP contribution is 2.26. The van der Waals surface area contributed by atoms with E-state index in [1.807, 2.05) is 6.07 Å². The van der Waals surface area contributed by atoms with Gasteiger partial charge in [-0.2, -0.15) is 5.26 Å². The van der Waals surface area contributed by atoms with Gasteiger partial charge in [0, 0.05) is 19.0 Å². The molecule has 3 rings (SSSR count). The predicted octanol–water partition coefficient (Wildman–Crippen LogP) is 4.92. The third-order valence-electron chi connectivity index (χ3n) is 4.88. The second kappa shape index (κ2) is 7.94. The third-order valence-corrected chi connectivity index (χ3v) is 4.88. The maximum absolute atomic E-state index is 8.78. The first-order chi connectivity index (χ1) is 11.3. The fourth-order valence-corrected chi connectivity index (χ4v) is 3.41. The predicted molar refractivity (Wildman–Crippen MR) is 94.7 cm³/mol. The molecular formula is C21H24N2. The Balaban J connectivity index is 1.49. The fraction of sp³-hybridized carbons (Fsp3) is 0.381. The van der Waals surface area contributed by atoms with Crippen molar-refractivity contribution in [2.75, 3.05) is 0 Å². The topological polar surface area (TPSA) is 35.8 Å². The highest BCUT2D eigenvalue weighted by Gasteiger charge is 2.20. The molecule has 0 amide bonds. The highest BCUT2D eigenvalue weighted by atomic mass is 14.9. The zero-order valence-electron chi connectivity index (χ0n) is 13.5. The quantitative estimate of drug-likeness (QED) is 0.851. The molecule has 0 unspecified atom stereocenters. The Bertz CT molecular complexity index is 632. The Morgan fingerprint density at radius 2 is 1.52 bits per heavy atom. The van der Waals surface area contributed by atoms with Gasteiger partial charge in [-0.3, -0.25) is 0 Å². The molecule has 0 heterocycles. The van der Waals surface area contributed by atoms with E-state index in [1.54, 1.807) is 0 Å². The van der Waals surface area contributed by atoms with Gasteiger partial charge in [0.05, 0.1) is 6.07 Å². The van der Waals surface area contributed by atoms with Crippen LogP contribution in [-0.2, 0) is 6.54 Å². The van der Waals surface area contributed by atoms with Gasteiger partial charge in [0.2, 0.25) is 0 Å². The Kier molecular flexibility index (Phi) is 5.45. The largest absolute Gasteiger partial charge is 0.310 e. The molecule has 0 aliphatic heterocycles. The molecule has 0 radical (unpaired) electrons. The standard InChI is InChI=1S/C21H24N2/c22-15-14-17-8-12-21(13-9-17)23-16-18-6-10-20(11-7-18)19-4-2-1-3-5-19/h1-7,10-11,17,21,23H,8-9,12-14,16H2. The molecule has 0 aromatic heterocycles. The Hall–Kier alpha value is -2.11. The van der Waals surface area contributed by atoms with Gasteiger partial charge in [0.25, 0.3) is 0 Å². The van der Waals surface area contributed by atoms with Crippen LogP contribution in [0, 0.1) is 17.2 Å². The number of hydrogen-bond acceptors (Lipinski definition) is 2. The minimum atomic E-state index is 0.610. The summed E-state index contributed by atoms with van der Waals surface area (Å²) in [5.41, 5.74) is 3.87. The van der Waals surface area contributed by atoms with Gasteiger partial charge < -0.3 is 5.32 Å². The van der Waals surface area contributed by atoms with Crippen LogP contribution >= 0.6 is 0 Å². The normalized spacial score (nSPS) is 20.8. The van der Waals surface area contributed by atoms with Gasteiger partial charge in [-0.15, -0.1) is 0 Å². The summed E-state index contributed by atoms with van der Waals surface area (Å²) in [5, 5.41) is 12.5. The summed E-state index contributed by atoms with van der Waals surface area (Å²) in [5.74, 6) is 0.628. The van der Waals surface area contributed by atoms with Crippen LogP contribution < -0.4 is 5.32 Å². The molecule has 1 aliphatic rings.